The van der Waals surface area contributed by atoms with Crippen LogP contribution in [-0.4, -0.2) is 19.1 Å². The molecule has 17 heavy (non-hydrogen) atoms. The van der Waals surface area contributed by atoms with Crippen molar-refractivity contribution in [3.63, 3.8) is 0 Å². The quantitative estimate of drug-likeness (QED) is 0.762. The number of rotatable bonds is 7. The monoisotopic (exact) mass is 255 g/mol. The van der Waals surface area contributed by atoms with Crippen LogP contribution in [0.4, 0.5) is 0 Å². The zero-order valence-electron chi connectivity index (χ0n) is 10.6. The van der Waals surface area contributed by atoms with Crippen molar-refractivity contribution in [1.29, 1.82) is 0 Å². The van der Waals surface area contributed by atoms with Gasteiger partial charge in [0, 0.05) is 6.54 Å². The Hall–Kier alpha value is -0.870. The summed E-state index contributed by atoms with van der Waals surface area (Å²) in [6.45, 7) is 4.59. The topological polar surface area (TPSA) is 52.3 Å². The maximum Gasteiger partial charge on any atom is 0.313 e. The third kappa shape index (κ3) is 3.54. The van der Waals surface area contributed by atoms with Crippen molar-refractivity contribution in [2.45, 2.75) is 33.1 Å². The first-order valence-corrected chi connectivity index (χ1v) is 7.01. The average Bonchev–Trinajstić information content (AvgIpc) is 2.84. The highest BCUT2D eigenvalue weighted by molar-refractivity contribution is 7.07. The maximum absolute atomic E-state index is 12.0. The van der Waals surface area contributed by atoms with Crippen LogP contribution in [0.3, 0.4) is 0 Å². The molecular weight excluding hydrogens is 234 g/mol. The van der Waals surface area contributed by atoms with E-state index in [1.54, 1.807) is 11.3 Å². The van der Waals surface area contributed by atoms with Gasteiger partial charge in [0.2, 0.25) is 0 Å². The lowest BCUT2D eigenvalue weighted by molar-refractivity contribution is -0.155. The Balaban J connectivity index is 2.67. The third-order valence-corrected chi connectivity index (χ3v) is 3.98. The van der Waals surface area contributed by atoms with E-state index < -0.39 is 5.41 Å². The van der Waals surface area contributed by atoms with Gasteiger partial charge in [-0.15, -0.1) is 0 Å². The number of ether oxygens (including phenoxy) is 1. The van der Waals surface area contributed by atoms with E-state index in [1.807, 2.05) is 13.8 Å². The highest BCUT2D eigenvalue weighted by Crippen LogP contribution is 2.29. The Morgan fingerprint density at radius 3 is 2.76 bits per heavy atom. The Morgan fingerprint density at radius 2 is 2.29 bits per heavy atom. The first kappa shape index (κ1) is 14.2. The summed E-state index contributed by atoms with van der Waals surface area (Å²) in [5, 5.41) is 4.16. The summed E-state index contributed by atoms with van der Waals surface area (Å²) in [4.78, 5) is 12.0. The molecule has 0 aliphatic carbocycles. The van der Waals surface area contributed by atoms with Crippen molar-refractivity contribution in [2.24, 2.45) is 11.1 Å². The predicted octanol–water partition coefficient (Wildman–Crippen LogP) is 2.60. The molecular formula is C13H21NO2S. The van der Waals surface area contributed by atoms with E-state index in [9.17, 15) is 4.79 Å². The van der Waals surface area contributed by atoms with Crippen LogP contribution in [0.2, 0.25) is 0 Å². The Labute approximate surface area is 107 Å². The van der Waals surface area contributed by atoms with Crippen molar-refractivity contribution in [2.75, 3.05) is 13.2 Å². The van der Waals surface area contributed by atoms with Gasteiger partial charge in [0.1, 0.15) is 0 Å². The lowest BCUT2D eigenvalue weighted by Crippen LogP contribution is -2.40. The molecule has 1 aromatic heterocycles. The van der Waals surface area contributed by atoms with Gasteiger partial charge in [0.05, 0.1) is 12.0 Å². The van der Waals surface area contributed by atoms with Crippen LogP contribution in [0.5, 0.6) is 0 Å². The molecule has 1 heterocycles. The fourth-order valence-electron chi connectivity index (χ4n) is 1.86. The van der Waals surface area contributed by atoms with Gasteiger partial charge in [-0.1, -0.05) is 6.92 Å². The molecule has 96 valence electrons. The number of esters is 1. The Morgan fingerprint density at radius 1 is 1.53 bits per heavy atom. The molecule has 0 aromatic carbocycles. The summed E-state index contributed by atoms with van der Waals surface area (Å²) in [5.41, 5.74) is 6.54. The molecule has 0 amide bonds. The normalized spacial score (nSPS) is 14.3. The van der Waals surface area contributed by atoms with Gasteiger partial charge in [-0.05, 0) is 48.6 Å². The minimum atomic E-state index is -0.516. The van der Waals surface area contributed by atoms with E-state index >= 15 is 0 Å². The number of hydrogen-bond donors (Lipinski definition) is 1. The van der Waals surface area contributed by atoms with Gasteiger partial charge in [-0.25, -0.2) is 0 Å². The smallest absolute Gasteiger partial charge is 0.313 e. The van der Waals surface area contributed by atoms with E-state index in [1.165, 1.54) is 5.56 Å². The minimum Gasteiger partial charge on any atom is -0.466 e. The Kier molecular flexibility index (Phi) is 5.65. The molecule has 0 saturated heterocycles. The van der Waals surface area contributed by atoms with E-state index in [0.29, 0.717) is 13.2 Å². The van der Waals surface area contributed by atoms with Crippen LogP contribution in [0, 0.1) is 5.41 Å². The standard InChI is InChI=1S/C13H21NO2S/c1-3-13(10-14,12(15)16-4-2)7-5-11-6-8-17-9-11/h6,8-9H,3-5,7,10,14H2,1-2H3. The molecule has 3 nitrogen and oxygen atoms in total. The minimum absolute atomic E-state index is 0.153. The van der Waals surface area contributed by atoms with Crippen molar-refractivity contribution in [3.8, 4) is 0 Å². The molecule has 0 bridgehead atoms. The number of aryl methyl sites for hydroxylation is 1. The second-order valence-electron chi connectivity index (χ2n) is 4.19. The molecule has 1 aromatic rings. The van der Waals surface area contributed by atoms with Crippen molar-refractivity contribution in [3.05, 3.63) is 22.4 Å². The summed E-state index contributed by atoms with van der Waals surface area (Å²) in [6.07, 6.45) is 2.37. The molecule has 0 fully saturated rings. The van der Waals surface area contributed by atoms with Crippen LogP contribution in [0.15, 0.2) is 16.8 Å². The maximum atomic E-state index is 12.0. The van der Waals surface area contributed by atoms with Gasteiger partial charge >= 0.3 is 5.97 Å². The molecule has 4 heteroatoms. The fourth-order valence-corrected chi connectivity index (χ4v) is 2.56. The molecule has 0 spiro atoms. The number of carbonyl (C=O) groups excluding carboxylic acids is 1. The molecule has 1 atom stereocenters. The lowest BCUT2D eigenvalue weighted by Gasteiger charge is -2.28. The van der Waals surface area contributed by atoms with Gasteiger partial charge in [0.15, 0.2) is 0 Å². The molecule has 1 rings (SSSR count). The molecule has 2 N–H and O–H groups in total. The van der Waals surface area contributed by atoms with Gasteiger partial charge in [-0.3, -0.25) is 4.79 Å². The molecule has 0 aliphatic rings. The van der Waals surface area contributed by atoms with Crippen molar-refractivity contribution >= 4 is 17.3 Å². The second-order valence-corrected chi connectivity index (χ2v) is 4.97. The van der Waals surface area contributed by atoms with Crippen LogP contribution in [0.1, 0.15) is 32.3 Å². The molecule has 0 aliphatic heterocycles. The highest BCUT2D eigenvalue weighted by Gasteiger charge is 2.36. The van der Waals surface area contributed by atoms with Crippen molar-refractivity contribution in [1.82, 2.24) is 0 Å². The number of carbonyl (C=O) groups is 1. The summed E-state index contributed by atoms with van der Waals surface area (Å²) in [5.74, 6) is -0.153. The second kappa shape index (κ2) is 6.77. The van der Waals surface area contributed by atoms with E-state index in [0.717, 1.165) is 19.3 Å². The number of nitrogens with two attached hydrogens (primary N) is 1. The average molecular weight is 255 g/mol. The SMILES string of the molecule is CCOC(=O)C(CC)(CN)CCc1ccsc1. The zero-order valence-corrected chi connectivity index (χ0v) is 11.4. The fraction of sp³-hybridized carbons (Fsp3) is 0.615. The zero-order chi connectivity index (χ0) is 12.7. The molecule has 1 unspecified atom stereocenters. The van der Waals surface area contributed by atoms with Gasteiger partial charge in [0.25, 0.3) is 0 Å². The summed E-state index contributed by atoms with van der Waals surface area (Å²) >= 11 is 1.68. The lowest BCUT2D eigenvalue weighted by atomic mass is 9.80. The van der Waals surface area contributed by atoms with E-state index in [-0.39, 0.29) is 5.97 Å². The number of hydrogen-bond acceptors (Lipinski definition) is 4. The van der Waals surface area contributed by atoms with Crippen LogP contribution in [-0.2, 0) is 16.0 Å². The van der Waals surface area contributed by atoms with Crippen LogP contribution in [0.25, 0.3) is 0 Å². The van der Waals surface area contributed by atoms with Crippen LogP contribution >= 0.6 is 11.3 Å². The number of thiophene rings is 1. The first-order chi connectivity index (χ1) is 8.18. The summed E-state index contributed by atoms with van der Waals surface area (Å²) in [6, 6.07) is 2.09. The highest BCUT2D eigenvalue weighted by atomic mass is 32.1. The summed E-state index contributed by atoms with van der Waals surface area (Å²) in [7, 11) is 0. The van der Waals surface area contributed by atoms with E-state index in [2.05, 4.69) is 16.8 Å². The van der Waals surface area contributed by atoms with Crippen LogP contribution < -0.4 is 5.73 Å². The van der Waals surface area contributed by atoms with Gasteiger partial charge < -0.3 is 10.5 Å². The van der Waals surface area contributed by atoms with Gasteiger partial charge in [-0.2, -0.15) is 11.3 Å². The largest absolute Gasteiger partial charge is 0.466 e. The predicted molar refractivity (Wildman–Crippen MR) is 71.1 cm³/mol. The summed E-state index contributed by atoms with van der Waals surface area (Å²) < 4.78 is 5.14. The Bertz CT molecular complexity index is 331. The van der Waals surface area contributed by atoms with E-state index in [4.69, 9.17) is 10.5 Å². The first-order valence-electron chi connectivity index (χ1n) is 6.07. The molecule has 0 saturated carbocycles. The third-order valence-electron chi connectivity index (χ3n) is 3.25. The molecule has 0 radical (unpaired) electrons. The van der Waals surface area contributed by atoms with Crippen molar-refractivity contribution < 1.29 is 9.53 Å².